The molecule has 4 rings (SSSR count). The summed E-state index contributed by atoms with van der Waals surface area (Å²) in [5.74, 6) is -0.0492. The van der Waals surface area contributed by atoms with Gasteiger partial charge in [-0.1, -0.05) is 30.0 Å². The summed E-state index contributed by atoms with van der Waals surface area (Å²) in [6, 6.07) is 15.8. The molecule has 2 aromatic carbocycles. The van der Waals surface area contributed by atoms with Crippen LogP contribution in [0.5, 0.6) is 0 Å². The zero-order valence-electron chi connectivity index (χ0n) is 15.7. The van der Waals surface area contributed by atoms with Crippen molar-refractivity contribution in [2.45, 2.75) is 17.2 Å². The number of amides is 1. The van der Waals surface area contributed by atoms with Crippen LogP contribution in [-0.2, 0) is 9.53 Å². The quantitative estimate of drug-likeness (QED) is 0.527. The average molecular weight is 395 g/mol. The fourth-order valence-electron chi connectivity index (χ4n) is 3.12. The molecular formula is C21H22N4O2S. The molecule has 1 aromatic heterocycles. The summed E-state index contributed by atoms with van der Waals surface area (Å²) >= 11 is 1.44. The normalized spacial score (nSPS) is 15.4. The van der Waals surface area contributed by atoms with Gasteiger partial charge in [-0.2, -0.15) is 0 Å². The Bertz CT molecular complexity index is 953. The van der Waals surface area contributed by atoms with Gasteiger partial charge in [-0.3, -0.25) is 4.79 Å². The summed E-state index contributed by atoms with van der Waals surface area (Å²) < 4.78 is 5.39. The van der Waals surface area contributed by atoms with Crippen molar-refractivity contribution >= 4 is 39.9 Å². The highest BCUT2D eigenvalue weighted by Crippen LogP contribution is 2.28. The number of morpholine rings is 1. The van der Waals surface area contributed by atoms with Crippen molar-refractivity contribution in [2.24, 2.45) is 0 Å². The van der Waals surface area contributed by atoms with E-state index in [1.807, 2.05) is 55.5 Å². The largest absolute Gasteiger partial charge is 0.378 e. The molecule has 28 heavy (non-hydrogen) atoms. The van der Waals surface area contributed by atoms with Crippen molar-refractivity contribution in [3.8, 4) is 0 Å². The lowest BCUT2D eigenvalue weighted by Crippen LogP contribution is -2.36. The lowest BCUT2D eigenvalue weighted by molar-refractivity contribution is -0.115. The van der Waals surface area contributed by atoms with Gasteiger partial charge in [0.2, 0.25) is 5.91 Å². The Morgan fingerprint density at radius 1 is 1.11 bits per heavy atom. The van der Waals surface area contributed by atoms with Crippen LogP contribution in [0.1, 0.15) is 6.92 Å². The van der Waals surface area contributed by atoms with Crippen LogP contribution in [0.25, 0.3) is 10.9 Å². The number of para-hydroxylation sites is 1. The Balaban J connectivity index is 1.40. The summed E-state index contributed by atoms with van der Waals surface area (Å²) in [5.41, 5.74) is 2.82. The molecule has 2 heterocycles. The topological polar surface area (TPSA) is 67.4 Å². The molecule has 1 amide bonds. The van der Waals surface area contributed by atoms with Gasteiger partial charge in [0.1, 0.15) is 11.4 Å². The van der Waals surface area contributed by atoms with Crippen molar-refractivity contribution in [1.82, 2.24) is 9.97 Å². The molecule has 1 fully saturated rings. The molecular weight excluding hydrogens is 372 g/mol. The second-order valence-electron chi connectivity index (χ2n) is 6.59. The number of hydrogen-bond acceptors (Lipinski definition) is 6. The van der Waals surface area contributed by atoms with E-state index in [0.717, 1.165) is 53.6 Å². The number of benzene rings is 2. The Labute approximate surface area is 168 Å². The molecule has 0 radical (unpaired) electrons. The van der Waals surface area contributed by atoms with E-state index in [9.17, 15) is 4.79 Å². The van der Waals surface area contributed by atoms with Gasteiger partial charge in [-0.25, -0.2) is 9.97 Å². The van der Waals surface area contributed by atoms with Gasteiger partial charge in [0.05, 0.1) is 24.0 Å². The van der Waals surface area contributed by atoms with Gasteiger partial charge < -0.3 is 15.0 Å². The van der Waals surface area contributed by atoms with Crippen LogP contribution in [0.15, 0.2) is 59.9 Å². The Kier molecular flexibility index (Phi) is 5.73. The molecule has 0 saturated carbocycles. The predicted octanol–water partition coefficient (Wildman–Crippen LogP) is 3.59. The van der Waals surface area contributed by atoms with E-state index in [-0.39, 0.29) is 11.2 Å². The Morgan fingerprint density at radius 3 is 2.64 bits per heavy atom. The number of aromatic nitrogens is 2. The zero-order chi connectivity index (χ0) is 19.3. The third-order valence-corrected chi connectivity index (χ3v) is 5.79. The summed E-state index contributed by atoms with van der Waals surface area (Å²) in [5, 5.41) is 4.49. The third kappa shape index (κ3) is 4.26. The SMILES string of the molecule is C[C@@H](Sc1ncnc2ccccc12)C(=O)Nc1ccc(N2CCOCC2)cc1. The van der Waals surface area contributed by atoms with Crippen LogP contribution in [0.2, 0.25) is 0 Å². The molecule has 0 aliphatic carbocycles. The number of rotatable bonds is 5. The number of carbonyl (C=O) groups is 1. The van der Waals surface area contributed by atoms with Gasteiger partial charge in [-0.05, 0) is 37.3 Å². The van der Waals surface area contributed by atoms with Gasteiger partial charge in [0, 0.05) is 29.9 Å². The monoisotopic (exact) mass is 394 g/mol. The molecule has 1 N–H and O–H groups in total. The number of nitrogens with zero attached hydrogens (tertiary/aromatic N) is 3. The van der Waals surface area contributed by atoms with Gasteiger partial charge in [0.25, 0.3) is 0 Å². The minimum absolute atomic E-state index is 0.0492. The minimum Gasteiger partial charge on any atom is -0.378 e. The van der Waals surface area contributed by atoms with Crippen molar-refractivity contribution in [3.63, 3.8) is 0 Å². The smallest absolute Gasteiger partial charge is 0.237 e. The molecule has 0 spiro atoms. The summed E-state index contributed by atoms with van der Waals surface area (Å²) in [7, 11) is 0. The van der Waals surface area contributed by atoms with Gasteiger partial charge in [0.15, 0.2) is 0 Å². The van der Waals surface area contributed by atoms with Crippen molar-refractivity contribution in [3.05, 3.63) is 54.9 Å². The van der Waals surface area contributed by atoms with E-state index in [1.165, 1.54) is 11.8 Å². The first-order chi connectivity index (χ1) is 13.7. The van der Waals surface area contributed by atoms with Crippen LogP contribution in [0.3, 0.4) is 0 Å². The number of fused-ring (bicyclic) bond motifs is 1. The highest BCUT2D eigenvalue weighted by molar-refractivity contribution is 8.00. The van der Waals surface area contributed by atoms with E-state index in [1.54, 1.807) is 6.33 Å². The maximum absolute atomic E-state index is 12.6. The third-order valence-electron chi connectivity index (χ3n) is 4.67. The van der Waals surface area contributed by atoms with Crippen LogP contribution in [0, 0.1) is 0 Å². The van der Waals surface area contributed by atoms with Crippen molar-refractivity contribution < 1.29 is 9.53 Å². The summed E-state index contributed by atoms with van der Waals surface area (Å²) in [6.45, 7) is 5.19. The molecule has 7 heteroatoms. The van der Waals surface area contributed by atoms with Crippen LogP contribution < -0.4 is 10.2 Å². The highest BCUT2D eigenvalue weighted by Gasteiger charge is 2.17. The molecule has 3 aromatic rings. The lowest BCUT2D eigenvalue weighted by Gasteiger charge is -2.28. The van der Waals surface area contributed by atoms with E-state index >= 15 is 0 Å². The first-order valence-electron chi connectivity index (χ1n) is 9.31. The number of hydrogen-bond donors (Lipinski definition) is 1. The minimum atomic E-state index is -0.280. The summed E-state index contributed by atoms with van der Waals surface area (Å²) in [4.78, 5) is 23.6. The first kappa shape index (κ1) is 18.7. The van der Waals surface area contributed by atoms with Gasteiger partial charge in [-0.15, -0.1) is 0 Å². The number of anilines is 2. The predicted molar refractivity (Wildman–Crippen MR) is 113 cm³/mol. The number of carbonyl (C=O) groups excluding carboxylic acids is 1. The first-order valence-corrected chi connectivity index (χ1v) is 10.2. The van der Waals surface area contributed by atoms with Crippen molar-refractivity contribution in [2.75, 3.05) is 36.5 Å². The van der Waals surface area contributed by atoms with E-state index in [4.69, 9.17) is 4.74 Å². The fraction of sp³-hybridized carbons (Fsp3) is 0.286. The summed E-state index contributed by atoms with van der Waals surface area (Å²) in [6.07, 6.45) is 1.54. The van der Waals surface area contributed by atoms with Crippen LogP contribution in [-0.4, -0.2) is 47.4 Å². The van der Waals surface area contributed by atoms with E-state index < -0.39 is 0 Å². The molecule has 0 bridgehead atoms. The molecule has 1 aliphatic rings. The van der Waals surface area contributed by atoms with E-state index in [2.05, 4.69) is 20.2 Å². The molecule has 1 atom stereocenters. The molecule has 1 aliphatic heterocycles. The number of ether oxygens (including phenoxy) is 1. The van der Waals surface area contributed by atoms with Crippen molar-refractivity contribution in [1.29, 1.82) is 0 Å². The second kappa shape index (κ2) is 8.58. The maximum Gasteiger partial charge on any atom is 0.237 e. The van der Waals surface area contributed by atoms with E-state index in [0.29, 0.717) is 0 Å². The van der Waals surface area contributed by atoms with Crippen LogP contribution in [0.4, 0.5) is 11.4 Å². The molecule has 1 saturated heterocycles. The zero-order valence-corrected chi connectivity index (χ0v) is 16.5. The molecule has 6 nitrogen and oxygen atoms in total. The van der Waals surface area contributed by atoms with Crippen LogP contribution >= 0.6 is 11.8 Å². The van der Waals surface area contributed by atoms with Gasteiger partial charge >= 0.3 is 0 Å². The highest BCUT2D eigenvalue weighted by atomic mass is 32.2. The number of thioether (sulfide) groups is 1. The fourth-order valence-corrected chi connectivity index (χ4v) is 4.02. The molecule has 0 unspecified atom stereocenters. The molecule has 144 valence electrons. The Hall–Kier alpha value is -2.64. The average Bonchev–Trinajstić information content (AvgIpc) is 2.75. The standard InChI is InChI=1S/C21H22N4O2S/c1-15(28-21-18-4-2-3-5-19(18)22-14-23-21)20(26)24-16-6-8-17(9-7-16)25-10-12-27-13-11-25/h2-9,14-15H,10-13H2,1H3,(H,24,26)/t15-/m1/s1. The number of nitrogens with one attached hydrogen (secondary N) is 1. The lowest BCUT2D eigenvalue weighted by atomic mass is 10.2. The second-order valence-corrected chi connectivity index (χ2v) is 7.92. The maximum atomic E-state index is 12.6. The Morgan fingerprint density at radius 2 is 1.86 bits per heavy atom.